The molecule has 1 N–H and O–H groups in total. The molecular weight excluding hydrogens is 447 g/mol. The number of aryl methyl sites for hydroxylation is 1. The molecule has 0 spiro atoms. The van der Waals surface area contributed by atoms with Gasteiger partial charge in [0.05, 0.1) is 6.61 Å². The molecule has 5 nitrogen and oxygen atoms in total. The van der Waals surface area contributed by atoms with E-state index in [9.17, 15) is 9.59 Å². The molecule has 0 aromatic heterocycles. The van der Waals surface area contributed by atoms with Gasteiger partial charge in [-0.1, -0.05) is 60.8 Å². The zero-order valence-electron chi connectivity index (χ0n) is 19.0. The van der Waals surface area contributed by atoms with Gasteiger partial charge in [0.1, 0.15) is 11.8 Å². The van der Waals surface area contributed by atoms with E-state index in [1.165, 1.54) is 0 Å². The third-order valence-electron chi connectivity index (χ3n) is 5.12. The van der Waals surface area contributed by atoms with Crippen molar-refractivity contribution in [1.82, 2.24) is 10.2 Å². The molecule has 7 heteroatoms. The Morgan fingerprint density at radius 3 is 2.44 bits per heavy atom. The molecule has 2 aromatic rings. The first-order chi connectivity index (χ1) is 15.3. The summed E-state index contributed by atoms with van der Waals surface area (Å²) in [5.41, 5.74) is 1.91. The first-order valence-corrected chi connectivity index (χ1v) is 11.8. The van der Waals surface area contributed by atoms with Crippen LogP contribution in [-0.4, -0.2) is 35.9 Å². The van der Waals surface area contributed by atoms with Crippen LogP contribution >= 0.6 is 23.2 Å². The highest BCUT2D eigenvalue weighted by Crippen LogP contribution is 2.24. The lowest BCUT2D eigenvalue weighted by Crippen LogP contribution is -2.49. The number of carbonyl (C=O) groups is 2. The number of rotatable bonds is 12. The minimum atomic E-state index is -0.571. The van der Waals surface area contributed by atoms with Gasteiger partial charge in [-0.05, 0) is 56.0 Å². The topological polar surface area (TPSA) is 58.6 Å². The van der Waals surface area contributed by atoms with Crippen LogP contribution in [0.25, 0.3) is 0 Å². The van der Waals surface area contributed by atoms with Crippen LogP contribution in [-0.2, 0) is 16.1 Å². The summed E-state index contributed by atoms with van der Waals surface area (Å²) in [7, 11) is 0. The largest absolute Gasteiger partial charge is 0.494 e. The minimum Gasteiger partial charge on any atom is -0.494 e. The maximum Gasteiger partial charge on any atom is 0.242 e. The summed E-state index contributed by atoms with van der Waals surface area (Å²) in [6, 6.07) is 12.4. The van der Waals surface area contributed by atoms with Gasteiger partial charge in [0.2, 0.25) is 11.8 Å². The molecular formula is C25H32Cl2N2O3. The predicted molar refractivity (Wildman–Crippen MR) is 130 cm³/mol. The molecule has 0 heterocycles. The van der Waals surface area contributed by atoms with Crippen LogP contribution in [0.15, 0.2) is 42.5 Å². The molecule has 32 heavy (non-hydrogen) atoms. The molecule has 0 fully saturated rings. The average molecular weight is 479 g/mol. The van der Waals surface area contributed by atoms with Gasteiger partial charge in [-0.2, -0.15) is 0 Å². The van der Waals surface area contributed by atoms with E-state index < -0.39 is 6.04 Å². The fourth-order valence-electron chi connectivity index (χ4n) is 3.31. The van der Waals surface area contributed by atoms with Crippen molar-refractivity contribution >= 4 is 35.0 Å². The van der Waals surface area contributed by atoms with Gasteiger partial charge in [-0.15, -0.1) is 0 Å². The van der Waals surface area contributed by atoms with E-state index in [-0.39, 0.29) is 24.8 Å². The Kier molecular flexibility index (Phi) is 10.8. The summed E-state index contributed by atoms with van der Waals surface area (Å²) >= 11 is 12.4. The number of benzene rings is 2. The average Bonchev–Trinajstić information content (AvgIpc) is 2.77. The van der Waals surface area contributed by atoms with Gasteiger partial charge < -0.3 is 15.0 Å². The summed E-state index contributed by atoms with van der Waals surface area (Å²) < 4.78 is 5.74. The second-order valence-electron chi connectivity index (χ2n) is 7.74. The summed E-state index contributed by atoms with van der Waals surface area (Å²) in [5.74, 6) is 0.518. The molecule has 2 amide bonds. The number of ether oxygens (including phenoxy) is 1. The van der Waals surface area contributed by atoms with Gasteiger partial charge in [-0.25, -0.2) is 0 Å². The van der Waals surface area contributed by atoms with Crippen LogP contribution in [0, 0.1) is 6.92 Å². The third kappa shape index (κ3) is 8.03. The summed E-state index contributed by atoms with van der Waals surface area (Å²) in [6.45, 7) is 7.15. The van der Waals surface area contributed by atoms with E-state index in [0.717, 1.165) is 23.3 Å². The molecule has 0 aliphatic heterocycles. The van der Waals surface area contributed by atoms with Gasteiger partial charge in [0, 0.05) is 29.6 Å². The lowest BCUT2D eigenvalue weighted by Gasteiger charge is -2.31. The number of amides is 2. The molecule has 0 aliphatic carbocycles. The first-order valence-electron chi connectivity index (χ1n) is 11.1. The Hall–Kier alpha value is -2.24. The molecule has 0 radical (unpaired) electrons. The van der Waals surface area contributed by atoms with Crippen LogP contribution in [0.4, 0.5) is 0 Å². The number of hydrogen-bond acceptors (Lipinski definition) is 3. The lowest BCUT2D eigenvalue weighted by molar-refractivity contribution is -0.141. The molecule has 2 rings (SSSR count). The molecule has 174 valence electrons. The van der Waals surface area contributed by atoms with E-state index in [0.29, 0.717) is 36.0 Å². The van der Waals surface area contributed by atoms with Crippen molar-refractivity contribution in [2.75, 3.05) is 13.2 Å². The second kappa shape index (κ2) is 13.3. The molecule has 0 unspecified atom stereocenters. The van der Waals surface area contributed by atoms with E-state index in [4.69, 9.17) is 27.9 Å². The second-order valence-corrected chi connectivity index (χ2v) is 8.58. The minimum absolute atomic E-state index is 0.109. The fourth-order valence-corrected chi connectivity index (χ4v) is 3.78. The van der Waals surface area contributed by atoms with Crippen LogP contribution in [0.5, 0.6) is 5.75 Å². The van der Waals surface area contributed by atoms with Crippen LogP contribution < -0.4 is 10.1 Å². The van der Waals surface area contributed by atoms with Crippen molar-refractivity contribution < 1.29 is 14.3 Å². The Labute approximate surface area is 201 Å². The van der Waals surface area contributed by atoms with Crippen molar-refractivity contribution in [3.05, 3.63) is 63.6 Å². The number of nitrogens with zero attached hydrogens (tertiary/aromatic N) is 1. The van der Waals surface area contributed by atoms with Gasteiger partial charge in [0.15, 0.2) is 0 Å². The monoisotopic (exact) mass is 478 g/mol. The Bertz CT molecular complexity index is 887. The van der Waals surface area contributed by atoms with Gasteiger partial charge in [-0.3, -0.25) is 9.59 Å². The number of nitrogens with one attached hydrogen (secondary N) is 1. The molecule has 0 saturated heterocycles. The fraction of sp³-hybridized carbons (Fsp3) is 0.440. The van der Waals surface area contributed by atoms with Gasteiger partial charge in [0.25, 0.3) is 0 Å². The van der Waals surface area contributed by atoms with Crippen LogP contribution in [0.2, 0.25) is 10.0 Å². The van der Waals surface area contributed by atoms with Crippen LogP contribution in [0.1, 0.15) is 50.7 Å². The molecule has 0 aliphatic rings. The maximum absolute atomic E-state index is 13.2. The SMILES string of the molecule is CCCNC(=O)[C@@H](CC)N(Cc1ccc(Cl)cc1Cl)C(=O)CCCOc1ccc(C)cc1. The van der Waals surface area contributed by atoms with Crippen molar-refractivity contribution in [2.24, 2.45) is 0 Å². The molecule has 0 saturated carbocycles. The summed E-state index contributed by atoms with van der Waals surface area (Å²) in [6.07, 6.45) is 2.15. The van der Waals surface area contributed by atoms with Crippen LogP contribution in [0.3, 0.4) is 0 Å². The number of halogens is 2. The zero-order valence-corrected chi connectivity index (χ0v) is 20.5. The predicted octanol–water partition coefficient (Wildman–Crippen LogP) is 5.79. The Morgan fingerprint density at radius 1 is 1.09 bits per heavy atom. The first kappa shape index (κ1) is 26.0. The molecule has 2 aromatic carbocycles. The maximum atomic E-state index is 13.2. The highest BCUT2D eigenvalue weighted by molar-refractivity contribution is 6.35. The van der Waals surface area contributed by atoms with E-state index in [1.54, 1.807) is 23.1 Å². The highest BCUT2D eigenvalue weighted by Gasteiger charge is 2.28. The van der Waals surface area contributed by atoms with Crippen molar-refractivity contribution in [1.29, 1.82) is 0 Å². The Balaban J connectivity index is 2.07. The lowest BCUT2D eigenvalue weighted by atomic mass is 10.1. The number of carbonyl (C=O) groups excluding carboxylic acids is 2. The molecule has 0 bridgehead atoms. The van der Waals surface area contributed by atoms with E-state index >= 15 is 0 Å². The van der Waals surface area contributed by atoms with E-state index in [2.05, 4.69) is 5.32 Å². The normalized spacial score (nSPS) is 11.7. The van der Waals surface area contributed by atoms with Crippen molar-refractivity contribution in [3.8, 4) is 5.75 Å². The summed E-state index contributed by atoms with van der Waals surface area (Å²) in [4.78, 5) is 27.6. The quantitative estimate of drug-likeness (QED) is 0.392. The van der Waals surface area contributed by atoms with Crippen molar-refractivity contribution in [2.45, 2.75) is 59.0 Å². The van der Waals surface area contributed by atoms with Crippen molar-refractivity contribution in [3.63, 3.8) is 0 Å². The zero-order chi connectivity index (χ0) is 23.5. The smallest absolute Gasteiger partial charge is 0.242 e. The number of hydrogen-bond donors (Lipinski definition) is 1. The van der Waals surface area contributed by atoms with Gasteiger partial charge >= 0.3 is 0 Å². The molecule has 1 atom stereocenters. The Morgan fingerprint density at radius 2 is 1.81 bits per heavy atom. The van der Waals surface area contributed by atoms with E-state index in [1.807, 2.05) is 45.0 Å². The standard InChI is InChI=1S/C25H32Cl2N2O3/c1-4-14-28-25(31)23(5-2)29(17-19-10-11-20(26)16-22(19)27)24(30)7-6-15-32-21-12-8-18(3)9-13-21/h8-13,16,23H,4-7,14-15,17H2,1-3H3,(H,28,31)/t23-/m1/s1. The highest BCUT2D eigenvalue weighted by atomic mass is 35.5. The third-order valence-corrected chi connectivity index (χ3v) is 5.70. The summed E-state index contributed by atoms with van der Waals surface area (Å²) in [5, 5.41) is 3.91.